The van der Waals surface area contributed by atoms with Gasteiger partial charge in [0.2, 0.25) is 0 Å². The molecule has 1 aromatic carbocycles. The lowest BCUT2D eigenvalue weighted by atomic mass is 10.0. The first kappa shape index (κ1) is 13.3. The highest BCUT2D eigenvalue weighted by molar-refractivity contribution is 7.13. The highest BCUT2D eigenvalue weighted by Crippen LogP contribution is 2.24. The highest BCUT2D eigenvalue weighted by atomic mass is 32.1. The van der Waals surface area contributed by atoms with Crippen molar-refractivity contribution in [2.45, 2.75) is 6.92 Å². The van der Waals surface area contributed by atoms with Gasteiger partial charge in [-0.15, -0.1) is 11.3 Å². The third-order valence-corrected chi connectivity index (χ3v) is 4.42. The van der Waals surface area contributed by atoms with Crippen LogP contribution in [0.1, 0.15) is 16.1 Å². The Labute approximate surface area is 122 Å². The van der Waals surface area contributed by atoms with Crippen LogP contribution in [0.4, 0.5) is 0 Å². The number of carbonyl (C=O) groups is 1. The minimum absolute atomic E-state index is 0.00738. The Morgan fingerprint density at radius 2 is 2.35 bits per heavy atom. The third-order valence-electron chi connectivity index (χ3n) is 3.41. The fourth-order valence-corrected chi connectivity index (χ4v) is 2.91. The predicted molar refractivity (Wildman–Crippen MR) is 81.0 cm³/mol. The molecule has 0 radical (unpaired) electrons. The van der Waals surface area contributed by atoms with Gasteiger partial charge in [-0.3, -0.25) is 4.79 Å². The molecular weight excluding hydrogens is 270 g/mol. The monoisotopic (exact) mass is 287 g/mol. The van der Waals surface area contributed by atoms with Gasteiger partial charge in [0.25, 0.3) is 5.91 Å². The molecule has 0 saturated carbocycles. The number of aromatic nitrogens is 1. The van der Waals surface area contributed by atoms with Crippen molar-refractivity contribution in [1.82, 2.24) is 15.6 Å². The van der Waals surface area contributed by atoms with Crippen molar-refractivity contribution in [3.05, 3.63) is 40.9 Å². The van der Waals surface area contributed by atoms with Crippen molar-refractivity contribution >= 4 is 17.2 Å². The second-order valence-electron chi connectivity index (χ2n) is 5.11. The molecule has 1 aliphatic rings. The van der Waals surface area contributed by atoms with Crippen LogP contribution in [0, 0.1) is 12.8 Å². The SMILES string of the molecule is Cc1csc(-c2cccc(C(=O)NCC3CNC3)c2)n1. The Morgan fingerprint density at radius 3 is 3.00 bits per heavy atom. The number of amides is 1. The van der Waals surface area contributed by atoms with Crippen LogP contribution >= 0.6 is 11.3 Å². The fraction of sp³-hybridized carbons (Fsp3) is 0.333. The lowest BCUT2D eigenvalue weighted by molar-refractivity contribution is 0.0942. The van der Waals surface area contributed by atoms with Gasteiger partial charge in [0, 0.05) is 47.8 Å². The van der Waals surface area contributed by atoms with Gasteiger partial charge in [0.15, 0.2) is 0 Å². The maximum atomic E-state index is 12.1. The molecule has 1 amide bonds. The molecule has 0 atom stereocenters. The summed E-state index contributed by atoms with van der Waals surface area (Å²) < 4.78 is 0. The van der Waals surface area contributed by atoms with E-state index in [0.717, 1.165) is 35.9 Å². The lowest BCUT2D eigenvalue weighted by Gasteiger charge is -2.27. The summed E-state index contributed by atoms with van der Waals surface area (Å²) >= 11 is 1.60. The molecule has 2 aromatic rings. The predicted octanol–water partition coefficient (Wildman–Crippen LogP) is 2.07. The molecule has 1 aromatic heterocycles. The number of nitrogens with one attached hydrogen (secondary N) is 2. The zero-order chi connectivity index (χ0) is 13.9. The zero-order valence-electron chi connectivity index (χ0n) is 11.3. The second-order valence-corrected chi connectivity index (χ2v) is 5.97. The van der Waals surface area contributed by atoms with E-state index in [9.17, 15) is 4.79 Å². The summed E-state index contributed by atoms with van der Waals surface area (Å²) in [5.41, 5.74) is 2.71. The van der Waals surface area contributed by atoms with E-state index in [1.807, 2.05) is 36.6 Å². The van der Waals surface area contributed by atoms with Gasteiger partial charge in [0.05, 0.1) is 0 Å². The molecule has 104 valence electrons. The van der Waals surface area contributed by atoms with E-state index in [4.69, 9.17) is 0 Å². The normalized spacial score (nSPS) is 14.8. The molecule has 20 heavy (non-hydrogen) atoms. The van der Waals surface area contributed by atoms with E-state index in [0.29, 0.717) is 11.5 Å². The van der Waals surface area contributed by atoms with Crippen molar-refractivity contribution in [1.29, 1.82) is 0 Å². The van der Waals surface area contributed by atoms with E-state index in [1.165, 1.54) is 0 Å². The van der Waals surface area contributed by atoms with Crippen molar-refractivity contribution in [2.75, 3.05) is 19.6 Å². The summed E-state index contributed by atoms with van der Waals surface area (Å²) in [4.78, 5) is 16.6. The molecule has 0 bridgehead atoms. The first-order chi connectivity index (χ1) is 9.72. The molecule has 5 heteroatoms. The summed E-state index contributed by atoms with van der Waals surface area (Å²) in [6.45, 7) is 4.72. The molecular formula is C15H17N3OS. The van der Waals surface area contributed by atoms with Gasteiger partial charge >= 0.3 is 0 Å². The van der Waals surface area contributed by atoms with Gasteiger partial charge < -0.3 is 10.6 Å². The van der Waals surface area contributed by atoms with E-state index in [2.05, 4.69) is 15.6 Å². The number of nitrogens with zero attached hydrogens (tertiary/aromatic N) is 1. The standard InChI is InChI=1S/C15H17N3OS/c1-10-9-20-15(18-10)13-4-2-3-12(5-13)14(19)17-8-11-6-16-7-11/h2-5,9,11,16H,6-8H2,1H3,(H,17,19). The first-order valence-electron chi connectivity index (χ1n) is 6.74. The van der Waals surface area contributed by atoms with Crippen molar-refractivity contribution in [2.24, 2.45) is 5.92 Å². The molecule has 0 unspecified atom stereocenters. The summed E-state index contributed by atoms with van der Waals surface area (Å²) in [5.74, 6) is 0.566. The summed E-state index contributed by atoms with van der Waals surface area (Å²) in [5, 5.41) is 9.17. The number of aryl methyl sites for hydroxylation is 1. The largest absolute Gasteiger partial charge is 0.352 e. The first-order valence-corrected chi connectivity index (χ1v) is 7.62. The molecule has 3 rings (SSSR count). The van der Waals surface area contributed by atoms with E-state index < -0.39 is 0 Å². The van der Waals surface area contributed by atoms with E-state index >= 15 is 0 Å². The van der Waals surface area contributed by atoms with Gasteiger partial charge in [0.1, 0.15) is 5.01 Å². The van der Waals surface area contributed by atoms with Crippen LogP contribution in [0.25, 0.3) is 10.6 Å². The van der Waals surface area contributed by atoms with Crippen LogP contribution in [0.2, 0.25) is 0 Å². The molecule has 1 saturated heterocycles. The number of benzene rings is 1. The molecule has 2 N–H and O–H groups in total. The topological polar surface area (TPSA) is 54.0 Å². The third kappa shape index (κ3) is 2.89. The van der Waals surface area contributed by atoms with Crippen molar-refractivity contribution in [3.8, 4) is 10.6 Å². The van der Waals surface area contributed by atoms with Crippen LogP contribution < -0.4 is 10.6 Å². The van der Waals surface area contributed by atoms with Gasteiger partial charge in [-0.2, -0.15) is 0 Å². The fourth-order valence-electron chi connectivity index (χ4n) is 2.11. The number of rotatable bonds is 4. The Balaban J connectivity index is 1.71. The Kier molecular flexibility index (Phi) is 3.80. The zero-order valence-corrected chi connectivity index (χ0v) is 12.2. The molecule has 4 nitrogen and oxygen atoms in total. The van der Waals surface area contributed by atoms with Crippen LogP contribution in [0.15, 0.2) is 29.6 Å². The van der Waals surface area contributed by atoms with Crippen LogP contribution in [0.3, 0.4) is 0 Å². The summed E-state index contributed by atoms with van der Waals surface area (Å²) in [7, 11) is 0. The minimum atomic E-state index is -0.00738. The molecule has 2 heterocycles. The second kappa shape index (κ2) is 5.73. The number of hydrogen-bond donors (Lipinski definition) is 2. The number of hydrogen-bond acceptors (Lipinski definition) is 4. The van der Waals surface area contributed by atoms with E-state index in [1.54, 1.807) is 11.3 Å². The molecule has 0 aliphatic carbocycles. The maximum absolute atomic E-state index is 12.1. The Bertz CT molecular complexity index is 619. The number of thiazole rings is 1. The van der Waals surface area contributed by atoms with E-state index in [-0.39, 0.29) is 5.91 Å². The summed E-state index contributed by atoms with van der Waals surface area (Å²) in [6.07, 6.45) is 0. The molecule has 1 aliphatic heterocycles. The van der Waals surface area contributed by atoms with Crippen LogP contribution in [-0.4, -0.2) is 30.5 Å². The van der Waals surface area contributed by atoms with Gasteiger partial charge in [-0.1, -0.05) is 12.1 Å². The average molecular weight is 287 g/mol. The van der Waals surface area contributed by atoms with Crippen LogP contribution in [0.5, 0.6) is 0 Å². The molecule has 0 spiro atoms. The van der Waals surface area contributed by atoms with Gasteiger partial charge in [-0.05, 0) is 19.1 Å². The van der Waals surface area contributed by atoms with Crippen LogP contribution in [-0.2, 0) is 0 Å². The summed E-state index contributed by atoms with van der Waals surface area (Å²) in [6, 6.07) is 7.65. The maximum Gasteiger partial charge on any atom is 0.251 e. The average Bonchev–Trinajstić information content (AvgIpc) is 2.84. The molecule has 1 fully saturated rings. The minimum Gasteiger partial charge on any atom is -0.352 e. The Morgan fingerprint density at radius 1 is 1.50 bits per heavy atom. The van der Waals surface area contributed by atoms with Crippen molar-refractivity contribution in [3.63, 3.8) is 0 Å². The van der Waals surface area contributed by atoms with Crippen molar-refractivity contribution < 1.29 is 4.79 Å². The van der Waals surface area contributed by atoms with Gasteiger partial charge in [-0.25, -0.2) is 4.98 Å². The Hall–Kier alpha value is -1.72. The lowest BCUT2D eigenvalue weighted by Crippen LogP contribution is -2.48. The quantitative estimate of drug-likeness (QED) is 0.905. The highest BCUT2D eigenvalue weighted by Gasteiger charge is 2.17. The number of carbonyl (C=O) groups excluding carboxylic acids is 1. The smallest absolute Gasteiger partial charge is 0.251 e.